The molecular weight excluding hydrogens is 190 g/mol. The van der Waals surface area contributed by atoms with Crippen LogP contribution in [0.5, 0.6) is 0 Å². The first-order valence-corrected chi connectivity index (χ1v) is 6.22. The summed E-state index contributed by atoms with van der Waals surface area (Å²) in [4.78, 5) is 0. The number of hydrogen-bond acceptors (Lipinski definition) is 0. The Morgan fingerprint density at radius 3 is 1.71 bits per heavy atom. The Bertz CT molecular complexity index is 146. The lowest BCUT2D eigenvalue weighted by atomic mass is 9.75. The summed E-state index contributed by atoms with van der Waals surface area (Å²) in [6.45, 7) is 4.41. The predicted molar refractivity (Wildman–Crippen MR) is 68.9 cm³/mol. The van der Waals surface area contributed by atoms with Gasteiger partial charge in [-0.1, -0.05) is 63.6 Å². The van der Waals surface area contributed by atoms with E-state index in [1.54, 1.807) is 0 Å². The van der Waals surface area contributed by atoms with Gasteiger partial charge in [-0.2, -0.15) is 11.5 Å². The van der Waals surface area contributed by atoms with Gasteiger partial charge in [0.25, 0.3) is 6.13 Å². The Morgan fingerprint density at radius 2 is 1.36 bits per heavy atom. The second-order valence-corrected chi connectivity index (χ2v) is 4.09. The average molecular weight is 213 g/mol. The minimum absolute atomic E-state index is 0.0868. The maximum atomic E-state index is 6.07. The zero-order valence-corrected chi connectivity index (χ0v) is 10.3. The third-order valence-corrected chi connectivity index (χ3v) is 2.38. The minimum atomic E-state index is 0.0868. The lowest BCUT2D eigenvalue weighted by molar-refractivity contribution is 0.815. The van der Waals surface area contributed by atoms with E-state index < -0.39 is 0 Å². The molecule has 0 nitrogen and oxygen atoms in total. The molecule has 0 aromatic rings. The molecular formula is C12H22BCl. The first kappa shape index (κ1) is 13.8. The van der Waals surface area contributed by atoms with E-state index >= 15 is 0 Å². The molecule has 0 unspecified atom stereocenters. The van der Waals surface area contributed by atoms with Crippen LogP contribution in [0.2, 0.25) is 0 Å². The van der Waals surface area contributed by atoms with Crippen LogP contribution in [0.1, 0.15) is 52.4 Å². The number of hydrogen-bond donors (Lipinski definition) is 0. The first-order valence-electron chi connectivity index (χ1n) is 5.78. The summed E-state index contributed by atoms with van der Waals surface area (Å²) in [5, 5.41) is 0. The highest BCUT2D eigenvalue weighted by Crippen LogP contribution is 2.02. The van der Waals surface area contributed by atoms with Crippen molar-refractivity contribution in [1.82, 2.24) is 0 Å². The lowest BCUT2D eigenvalue weighted by Crippen LogP contribution is -1.93. The SMILES string of the molecule is CCCCC=CB(Cl)C=CCCCC. The molecule has 0 saturated heterocycles. The molecule has 0 radical (unpaired) electrons. The van der Waals surface area contributed by atoms with Crippen LogP contribution in [0.25, 0.3) is 0 Å². The van der Waals surface area contributed by atoms with E-state index in [0.29, 0.717) is 0 Å². The van der Waals surface area contributed by atoms with Crippen LogP contribution in [-0.4, -0.2) is 6.13 Å². The van der Waals surface area contributed by atoms with E-state index in [-0.39, 0.29) is 6.13 Å². The van der Waals surface area contributed by atoms with Gasteiger partial charge >= 0.3 is 0 Å². The number of allylic oxidation sites excluding steroid dienone is 2. The van der Waals surface area contributed by atoms with E-state index in [0.717, 1.165) is 12.8 Å². The molecule has 0 rings (SSSR count). The Labute approximate surface area is 94.4 Å². The summed E-state index contributed by atoms with van der Waals surface area (Å²) >= 11 is 6.07. The molecule has 0 bridgehead atoms. The van der Waals surface area contributed by atoms with E-state index in [4.69, 9.17) is 11.5 Å². The second-order valence-electron chi connectivity index (χ2n) is 3.59. The van der Waals surface area contributed by atoms with Crippen molar-refractivity contribution in [2.45, 2.75) is 52.4 Å². The first-order chi connectivity index (χ1) is 6.81. The predicted octanol–water partition coefficient (Wildman–Crippen LogP) is 4.79. The van der Waals surface area contributed by atoms with E-state index in [9.17, 15) is 0 Å². The normalized spacial score (nSPS) is 11.6. The molecule has 0 amide bonds. The fourth-order valence-electron chi connectivity index (χ4n) is 1.16. The lowest BCUT2D eigenvalue weighted by Gasteiger charge is -1.92. The zero-order chi connectivity index (χ0) is 10.6. The van der Waals surface area contributed by atoms with Crippen LogP contribution < -0.4 is 0 Å². The average Bonchev–Trinajstić information content (AvgIpc) is 2.19. The van der Waals surface area contributed by atoms with Crippen molar-refractivity contribution in [3.05, 3.63) is 24.1 Å². The summed E-state index contributed by atoms with van der Waals surface area (Å²) in [7, 11) is 0. The summed E-state index contributed by atoms with van der Waals surface area (Å²) in [6.07, 6.45) is 11.8. The van der Waals surface area contributed by atoms with Crippen LogP contribution in [-0.2, 0) is 0 Å². The molecule has 0 aliphatic rings. The molecule has 14 heavy (non-hydrogen) atoms. The molecule has 0 fully saturated rings. The molecule has 2 heteroatoms. The molecule has 0 aromatic heterocycles. The summed E-state index contributed by atoms with van der Waals surface area (Å²) < 4.78 is 0. The second kappa shape index (κ2) is 10.9. The number of unbranched alkanes of at least 4 members (excludes halogenated alkanes) is 4. The maximum absolute atomic E-state index is 6.07. The molecule has 0 spiro atoms. The molecule has 0 N–H and O–H groups in total. The van der Waals surface area contributed by atoms with E-state index in [2.05, 4.69) is 38.0 Å². The molecule has 0 atom stereocenters. The van der Waals surface area contributed by atoms with Gasteiger partial charge < -0.3 is 0 Å². The van der Waals surface area contributed by atoms with Gasteiger partial charge in [-0.15, -0.1) is 0 Å². The van der Waals surface area contributed by atoms with Crippen molar-refractivity contribution >= 4 is 17.6 Å². The standard InChI is InChI=1S/C12H22BCl/c1-3-5-7-9-11-13(14)12-10-8-6-4-2/h9-12H,3-8H2,1-2H3. The monoisotopic (exact) mass is 212 g/mol. The van der Waals surface area contributed by atoms with Gasteiger partial charge in [-0.3, -0.25) is 0 Å². The summed E-state index contributed by atoms with van der Waals surface area (Å²) in [5.74, 6) is 4.17. The van der Waals surface area contributed by atoms with Crippen LogP contribution in [0.3, 0.4) is 0 Å². The van der Waals surface area contributed by atoms with Gasteiger partial charge in [0.1, 0.15) is 0 Å². The third kappa shape index (κ3) is 9.92. The maximum Gasteiger partial charge on any atom is 0.300 e. The molecule has 80 valence electrons. The van der Waals surface area contributed by atoms with Crippen molar-refractivity contribution in [2.24, 2.45) is 0 Å². The van der Waals surface area contributed by atoms with Crippen LogP contribution in [0.15, 0.2) is 24.1 Å². The third-order valence-electron chi connectivity index (χ3n) is 2.09. The van der Waals surface area contributed by atoms with Gasteiger partial charge in [0.2, 0.25) is 0 Å². The topological polar surface area (TPSA) is 0 Å². The van der Waals surface area contributed by atoms with Crippen LogP contribution in [0.4, 0.5) is 0 Å². The largest absolute Gasteiger partial charge is 0.300 e. The smallest absolute Gasteiger partial charge is 0.183 e. The Balaban J connectivity index is 3.47. The summed E-state index contributed by atoms with van der Waals surface area (Å²) in [5.41, 5.74) is 0. The molecule has 0 saturated carbocycles. The fraction of sp³-hybridized carbons (Fsp3) is 0.667. The Kier molecular flexibility index (Phi) is 10.8. The van der Waals surface area contributed by atoms with Gasteiger partial charge in [0, 0.05) is 0 Å². The van der Waals surface area contributed by atoms with E-state index in [1.807, 2.05) is 0 Å². The van der Waals surface area contributed by atoms with Gasteiger partial charge in [-0.05, 0) is 12.8 Å². The molecule has 0 aromatic carbocycles. The molecule has 0 aliphatic carbocycles. The Hall–Kier alpha value is -0.165. The fourth-order valence-corrected chi connectivity index (χ4v) is 1.37. The minimum Gasteiger partial charge on any atom is -0.183 e. The summed E-state index contributed by atoms with van der Waals surface area (Å²) in [6, 6.07) is 0. The quantitative estimate of drug-likeness (QED) is 0.401. The van der Waals surface area contributed by atoms with Gasteiger partial charge in [-0.25, -0.2) is 0 Å². The van der Waals surface area contributed by atoms with Crippen molar-refractivity contribution < 1.29 is 0 Å². The van der Waals surface area contributed by atoms with Crippen LogP contribution >= 0.6 is 11.5 Å². The van der Waals surface area contributed by atoms with Crippen molar-refractivity contribution in [3.8, 4) is 0 Å². The van der Waals surface area contributed by atoms with Gasteiger partial charge in [0.15, 0.2) is 0 Å². The van der Waals surface area contributed by atoms with E-state index in [1.165, 1.54) is 25.7 Å². The van der Waals surface area contributed by atoms with Gasteiger partial charge in [0.05, 0.1) is 0 Å². The Morgan fingerprint density at radius 1 is 0.929 bits per heavy atom. The number of rotatable bonds is 8. The zero-order valence-electron chi connectivity index (χ0n) is 9.51. The van der Waals surface area contributed by atoms with Crippen molar-refractivity contribution in [1.29, 1.82) is 0 Å². The molecule has 0 aliphatic heterocycles. The highest BCUT2D eigenvalue weighted by molar-refractivity contribution is 7.12. The molecule has 0 heterocycles. The highest BCUT2D eigenvalue weighted by atomic mass is 35.5. The van der Waals surface area contributed by atoms with Crippen LogP contribution in [0, 0.1) is 0 Å². The number of halogens is 1. The highest BCUT2D eigenvalue weighted by Gasteiger charge is 1.97. The van der Waals surface area contributed by atoms with Crippen molar-refractivity contribution in [3.63, 3.8) is 0 Å². The van der Waals surface area contributed by atoms with Crippen molar-refractivity contribution in [2.75, 3.05) is 0 Å².